The molecule has 9 heteroatoms. The molecule has 1 amide bonds. The van der Waals surface area contributed by atoms with Crippen LogP contribution >= 0.6 is 11.8 Å². The van der Waals surface area contributed by atoms with Crippen molar-refractivity contribution in [1.82, 2.24) is 0 Å². The maximum Gasteiger partial charge on any atom is 0.279 e. The molecule has 0 aromatic heterocycles. The first kappa shape index (κ1) is 15.7. The number of rotatable bonds is 3. The lowest BCUT2D eigenvalue weighted by Gasteiger charge is -2.24. The maximum atomic E-state index is 13.2. The molecule has 7 nitrogen and oxygen atoms in total. The lowest BCUT2D eigenvalue weighted by molar-refractivity contribution is -0.385. The van der Waals surface area contributed by atoms with Gasteiger partial charge in [-0.2, -0.15) is 0 Å². The number of halogens is 1. The third kappa shape index (κ3) is 2.66. The van der Waals surface area contributed by atoms with Crippen LogP contribution in [-0.2, 0) is 4.79 Å². The van der Waals surface area contributed by atoms with Crippen LogP contribution in [0.2, 0.25) is 0 Å². The second-order valence-electron chi connectivity index (χ2n) is 5.42. The summed E-state index contributed by atoms with van der Waals surface area (Å²) in [5, 5.41) is 10.9. The van der Waals surface area contributed by atoms with Gasteiger partial charge < -0.3 is 9.47 Å². The fourth-order valence-electron chi connectivity index (χ4n) is 2.84. The third-order valence-electron chi connectivity index (χ3n) is 3.96. The number of hydrogen-bond donors (Lipinski definition) is 0. The highest BCUT2D eigenvalue weighted by Gasteiger charge is 2.39. The molecule has 0 spiro atoms. The molecule has 128 valence electrons. The summed E-state index contributed by atoms with van der Waals surface area (Å²) in [6, 6.07) is 8.29. The number of hydrogen-bond acceptors (Lipinski definition) is 6. The van der Waals surface area contributed by atoms with Gasteiger partial charge in [-0.1, -0.05) is 0 Å². The van der Waals surface area contributed by atoms with E-state index in [-0.39, 0.29) is 24.1 Å². The van der Waals surface area contributed by atoms with Gasteiger partial charge in [0.05, 0.1) is 22.3 Å². The van der Waals surface area contributed by atoms with Crippen molar-refractivity contribution < 1.29 is 23.6 Å². The molecular weight excluding hydrogens is 351 g/mol. The standard InChI is InChI=1S/C16H11FN2O5S/c17-9-1-3-10(4-2-9)18-15(20)7-25-16(18)11-5-13-14(24-8-23-13)6-12(11)19(21)22/h1-6,16H,7-8H2/t16-/m0/s1. The zero-order valence-electron chi connectivity index (χ0n) is 12.7. The molecule has 0 N–H and O–H groups in total. The molecule has 2 aromatic rings. The second-order valence-corrected chi connectivity index (χ2v) is 6.49. The fourth-order valence-corrected chi connectivity index (χ4v) is 4.03. The molecule has 0 saturated carbocycles. The van der Waals surface area contributed by atoms with Crippen molar-refractivity contribution in [3.05, 3.63) is 57.9 Å². The van der Waals surface area contributed by atoms with Gasteiger partial charge in [-0.3, -0.25) is 19.8 Å². The van der Waals surface area contributed by atoms with Crippen LogP contribution < -0.4 is 14.4 Å². The van der Waals surface area contributed by atoms with Crippen LogP contribution in [0, 0.1) is 15.9 Å². The van der Waals surface area contributed by atoms with Crippen LogP contribution in [0.25, 0.3) is 0 Å². The third-order valence-corrected chi connectivity index (χ3v) is 5.15. The number of nitro benzene ring substituents is 1. The van der Waals surface area contributed by atoms with Gasteiger partial charge in [-0.25, -0.2) is 4.39 Å². The van der Waals surface area contributed by atoms with E-state index in [0.29, 0.717) is 22.7 Å². The zero-order chi connectivity index (χ0) is 17.6. The Morgan fingerprint density at radius 3 is 2.56 bits per heavy atom. The summed E-state index contributed by atoms with van der Waals surface area (Å²) in [5.74, 6) is 0.258. The van der Waals surface area contributed by atoms with Gasteiger partial charge >= 0.3 is 0 Å². The first-order valence-electron chi connectivity index (χ1n) is 7.32. The van der Waals surface area contributed by atoms with E-state index in [4.69, 9.17) is 9.47 Å². The molecule has 2 heterocycles. The smallest absolute Gasteiger partial charge is 0.279 e. The molecule has 2 aliphatic heterocycles. The van der Waals surface area contributed by atoms with E-state index >= 15 is 0 Å². The van der Waals surface area contributed by atoms with Gasteiger partial charge in [0.2, 0.25) is 12.7 Å². The SMILES string of the molecule is O=C1CS[C@@H](c2cc3c(cc2[N+](=O)[O-])OCO3)N1c1ccc(F)cc1. The Bertz CT molecular complexity index is 874. The largest absolute Gasteiger partial charge is 0.454 e. The number of carbonyl (C=O) groups is 1. The highest BCUT2D eigenvalue weighted by molar-refractivity contribution is 8.00. The molecule has 25 heavy (non-hydrogen) atoms. The van der Waals surface area contributed by atoms with E-state index in [9.17, 15) is 19.3 Å². The van der Waals surface area contributed by atoms with E-state index in [1.807, 2.05) is 0 Å². The number of amides is 1. The van der Waals surface area contributed by atoms with E-state index in [0.717, 1.165) is 0 Å². The molecule has 4 rings (SSSR count). The van der Waals surface area contributed by atoms with Crippen molar-refractivity contribution in [2.45, 2.75) is 5.37 Å². The topological polar surface area (TPSA) is 81.9 Å². The van der Waals surface area contributed by atoms with Gasteiger partial charge in [0, 0.05) is 5.69 Å². The Hall–Kier alpha value is -2.81. The highest BCUT2D eigenvalue weighted by atomic mass is 32.2. The Balaban J connectivity index is 1.81. The summed E-state index contributed by atoms with van der Waals surface area (Å²) >= 11 is 1.27. The molecule has 1 fully saturated rings. The first-order valence-corrected chi connectivity index (χ1v) is 8.36. The second kappa shape index (κ2) is 5.92. The normalized spacial score (nSPS) is 18.7. The van der Waals surface area contributed by atoms with Crippen LogP contribution in [0.1, 0.15) is 10.9 Å². The van der Waals surface area contributed by atoms with E-state index in [1.165, 1.54) is 53.1 Å². The number of fused-ring (bicyclic) bond motifs is 1. The monoisotopic (exact) mass is 362 g/mol. The van der Waals surface area contributed by atoms with Gasteiger partial charge in [-0.05, 0) is 30.3 Å². The van der Waals surface area contributed by atoms with Gasteiger partial charge in [0.1, 0.15) is 11.2 Å². The predicted octanol–water partition coefficient (Wildman–Crippen LogP) is 3.24. The van der Waals surface area contributed by atoms with Crippen LogP contribution in [0.15, 0.2) is 36.4 Å². The molecule has 0 bridgehead atoms. The van der Waals surface area contributed by atoms with Gasteiger partial charge in [-0.15, -0.1) is 11.8 Å². The Morgan fingerprint density at radius 2 is 1.88 bits per heavy atom. The summed E-state index contributed by atoms with van der Waals surface area (Å²) in [7, 11) is 0. The molecule has 0 radical (unpaired) electrons. The summed E-state index contributed by atoms with van der Waals surface area (Å²) in [4.78, 5) is 24.8. The number of benzene rings is 2. The summed E-state index contributed by atoms with van der Waals surface area (Å²) in [5.41, 5.74) is 0.673. The minimum absolute atomic E-state index is 0.00560. The predicted molar refractivity (Wildman–Crippen MR) is 88.3 cm³/mol. The lowest BCUT2D eigenvalue weighted by atomic mass is 10.1. The Labute approximate surface area is 145 Å². The highest BCUT2D eigenvalue weighted by Crippen LogP contribution is 2.48. The van der Waals surface area contributed by atoms with Crippen molar-refractivity contribution >= 4 is 29.0 Å². The number of thioether (sulfide) groups is 1. The van der Waals surface area contributed by atoms with Crippen molar-refractivity contribution in [2.24, 2.45) is 0 Å². The van der Waals surface area contributed by atoms with E-state index in [2.05, 4.69) is 0 Å². The summed E-state index contributed by atoms with van der Waals surface area (Å²) in [6.07, 6.45) is 0. The van der Waals surface area contributed by atoms with Gasteiger partial charge in [0.25, 0.3) is 5.69 Å². The number of nitrogens with zero attached hydrogens (tertiary/aromatic N) is 2. The fraction of sp³-hybridized carbons (Fsp3) is 0.188. The molecule has 2 aromatic carbocycles. The van der Waals surface area contributed by atoms with Crippen LogP contribution in [0.4, 0.5) is 15.8 Å². The Morgan fingerprint density at radius 1 is 1.20 bits per heavy atom. The molecule has 1 atom stereocenters. The summed E-state index contributed by atoms with van der Waals surface area (Å²) in [6.45, 7) is -0.00560. The minimum atomic E-state index is -0.604. The average molecular weight is 362 g/mol. The van der Waals surface area contributed by atoms with Crippen molar-refractivity contribution in [3.63, 3.8) is 0 Å². The number of carbonyl (C=O) groups excluding carboxylic acids is 1. The molecule has 2 aliphatic rings. The number of anilines is 1. The van der Waals surface area contributed by atoms with Gasteiger partial charge in [0.15, 0.2) is 11.5 Å². The first-order chi connectivity index (χ1) is 12.0. The molecule has 0 aliphatic carbocycles. The van der Waals surface area contributed by atoms with Crippen molar-refractivity contribution in [2.75, 3.05) is 17.4 Å². The molecule has 1 saturated heterocycles. The van der Waals surface area contributed by atoms with Crippen LogP contribution in [0.5, 0.6) is 11.5 Å². The van der Waals surface area contributed by atoms with Crippen molar-refractivity contribution in [1.29, 1.82) is 0 Å². The number of ether oxygens (including phenoxy) is 2. The maximum absolute atomic E-state index is 13.2. The van der Waals surface area contributed by atoms with E-state index < -0.39 is 16.1 Å². The molecule has 0 unspecified atom stereocenters. The Kier molecular flexibility index (Phi) is 3.72. The van der Waals surface area contributed by atoms with Crippen molar-refractivity contribution in [3.8, 4) is 11.5 Å². The lowest BCUT2D eigenvalue weighted by Crippen LogP contribution is -2.28. The summed E-state index contributed by atoms with van der Waals surface area (Å²) < 4.78 is 23.7. The minimum Gasteiger partial charge on any atom is -0.454 e. The number of nitro groups is 1. The van der Waals surface area contributed by atoms with Crippen LogP contribution in [-0.4, -0.2) is 23.4 Å². The van der Waals surface area contributed by atoms with E-state index in [1.54, 1.807) is 0 Å². The quantitative estimate of drug-likeness (QED) is 0.616. The zero-order valence-corrected chi connectivity index (χ0v) is 13.5. The average Bonchev–Trinajstić information content (AvgIpc) is 3.20. The molecular formula is C16H11FN2O5S. The van der Waals surface area contributed by atoms with Crippen LogP contribution in [0.3, 0.4) is 0 Å².